The fraction of sp³-hybridized carbons (Fsp3) is 0.667. The molecule has 1 fully saturated rings. The van der Waals surface area contributed by atoms with Gasteiger partial charge in [0.15, 0.2) is 0 Å². The van der Waals surface area contributed by atoms with Crippen molar-refractivity contribution < 1.29 is 4.79 Å². The van der Waals surface area contributed by atoms with Gasteiger partial charge in [0.1, 0.15) is 0 Å². The lowest BCUT2D eigenvalue weighted by Crippen LogP contribution is -2.42. The molecule has 1 aliphatic carbocycles. The Balaban J connectivity index is 1.99. The molecular formula is C21H33NO. The third-order valence-corrected chi connectivity index (χ3v) is 5.08. The molecule has 1 saturated carbocycles. The molecule has 2 rings (SSSR count). The standard InChI is InChI=1S/C21H33NO/c1-3-4-5-6-10-17-22(20-11-8-7-9-12-20)21(23)19-15-13-18(2)14-16-19/h13-16,20H,3-12,17H2,1-2H3. The van der Waals surface area contributed by atoms with Gasteiger partial charge in [-0.1, -0.05) is 69.6 Å². The van der Waals surface area contributed by atoms with Gasteiger partial charge in [-0.25, -0.2) is 0 Å². The van der Waals surface area contributed by atoms with Crippen LogP contribution in [0.3, 0.4) is 0 Å². The van der Waals surface area contributed by atoms with Crippen molar-refractivity contribution in [1.29, 1.82) is 0 Å². The highest BCUT2D eigenvalue weighted by atomic mass is 16.2. The van der Waals surface area contributed by atoms with Gasteiger partial charge in [-0.05, 0) is 38.3 Å². The molecule has 1 amide bonds. The molecule has 2 nitrogen and oxygen atoms in total. The molecule has 0 atom stereocenters. The smallest absolute Gasteiger partial charge is 0.254 e. The summed E-state index contributed by atoms with van der Waals surface area (Å²) >= 11 is 0. The highest BCUT2D eigenvalue weighted by molar-refractivity contribution is 5.94. The molecule has 0 unspecified atom stereocenters. The van der Waals surface area contributed by atoms with E-state index in [-0.39, 0.29) is 5.91 Å². The van der Waals surface area contributed by atoms with Gasteiger partial charge in [0, 0.05) is 18.2 Å². The first-order valence-corrected chi connectivity index (χ1v) is 9.60. The number of rotatable bonds is 8. The summed E-state index contributed by atoms with van der Waals surface area (Å²) in [6.45, 7) is 5.25. The number of aryl methyl sites for hydroxylation is 1. The average molecular weight is 316 g/mol. The van der Waals surface area contributed by atoms with Crippen LogP contribution in [0, 0.1) is 6.92 Å². The summed E-state index contributed by atoms with van der Waals surface area (Å²) in [6, 6.07) is 8.54. The largest absolute Gasteiger partial charge is 0.336 e. The van der Waals surface area contributed by atoms with Crippen LogP contribution in [0.4, 0.5) is 0 Å². The number of benzene rings is 1. The Bertz CT molecular complexity index is 459. The summed E-state index contributed by atoms with van der Waals surface area (Å²) in [5.74, 6) is 0.243. The molecule has 128 valence electrons. The monoisotopic (exact) mass is 315 g/mol. The number of carbonyl (C=O) groups is 1. The molecule has 1 aliphatic rings. The lowest BCUT2D eigenvalue weighted by atomic mass is 9.93. The summed E-state index contributed by atoms with van der Waals surface area (Å²) in [5.41, 5.74) is 2.07. The van der Waals surface area contributed by atoms with E-state index in [0.717, 1.165) is 18.5 Å². The van der Waals surface area contributed by atoms with Gasteiger partial charge in [0.05, 0.1) is 0 Å². The Labute approximate surface area is 142 Å². The minimum absolute atomic E-state index is 0.243. The molecule has 0 bridgehead atoms. The zero-order valence-corrected chi connectivity index (χ0v) is 15.0. The Hall–Kier alpha value is -1.31. The average Bonchev–Trinajstić information content (AvgIpc) is 2.59. The molecule has 0 N–H and O–H groups in total. The summed E-state index contributed by atoms with van der Waals surface area (Å²) < 4.78 is 0. The molecule has 1 aromatic carbocycles. The maximum atomic E-state index is 13.0. The first-order valence-electron chi connectivity index (χ1n) is 9.60. The van der Waals surface area contributed by atoms with E-state index in [1.54, 1.807) is 0 Å². The summed E-state index contributed by atoms with van der Waals surface area (Å²) in [7, 11) is 0. The van der Waals surface area contributed by atoms with Gasteiger partial charge in [-0.3, -0.25) is 4.79 Å². The number of unbranched alkanes of at least 4 members (excludes halogenated alkanes) is 4. The van der Waals surface area contributed by atoms with E-state index >= 15 is 0 Å². The van der Waals surface area contributed by atoms with Crippen LogP contribution in [0.1, 0.15) is 87.1 Å². The van der Waals surface area contributed by atoms with E-state index < -0.39 is 0 Å². The van der Waals surface area contributed by atoms with Crippen LogP contribution < -0.4 is 0 Å². The number of nitrogens with zero attached hydrogens (tertiary/aromatic N) is 1. The second kappa shape index (κ2) is 9.75. The van der Waals surface area contributed by atoms with Crippen LogP contribution in [0.15, 0.2) is 24.3 Å². The Kier molecular flexibility index (Phi) is 7.64. The van der Waals surface area contributed by atoms with Crippen LogP contribution in [-0.2, 0) is 0 Å². The Morgan fingerprint density at radius 1 is 1.00 bits per heavy atom. The number of hydrogen-bond donors (Lipinski definition) is 0. The zero-order chi connectivity index (χ0) is 16.5. The molecule has 0 aromatic heterocycles. The van der Waals surface area contributed by atoms with Gasteiger partial charge in [-0.2, -0.15) is 0 Å². The number of carbonyl (C=O) groups excluding carboxylic acids is 1. The van der Waals surface area contributed by atoms with Crippen molar-refractivity contribution in [2.75, 3.05) is 6.54 Å². The summed E-state index contributed by atoms with van der Waals surface area (Å²) in [4.78, 5) is 15.2. The maximum absolute atomic E-state index is 13.0. The fourth-order valence-corrected chi connectivity index (χ4v) is 3.59. The van der Waals surface area contributed by atoms with Gasteiger partial charge in [0.2, 0.25) is 0 Å². The normalized spacial score (nSPS) is 15.6. The summed E-state index contributed by atoms with van der Waals surface area (Å²) in [6.07, 6.45) is 12.5. The molecule has 23 heavy (non-hydrogen) atoms. The van der Waals surface area contributed by atoms with Gasteiger partial charge in [-0.15, -0.1) is 0 Å². The number of amides is 1. The molecule has 1 aromatic rings. The van der Waals surface area contributed by atoms with Crippen molar-refractivity contribution in [2.45, 2.75) is 84.1 Å². The van der Waals surface area contributed by atoms with E-state index in [4.69, 9.17) is 0 Å². The van der Waals surface area contributed by atoms with E-state index in [9.17, 15) is 4.79 Å². The molecule has 0 heterocycles. The Morgan fingerprint density at radius 2 is 1.65 bits per heavy atom. The first-order chi connectivity index (χ1) is 11.2. The van der Waals surface area contributed by atoms with E-state index in [2.05, 4.69) is 18.7 Å². The van der Waals surface area contributed by atoms with E-state index in [1.807, 2.05) is 24.3 Å². The fourth-order valence-electron chi connectivity index (χ4n) is 3.59. The second-order valence-corrected chi connectivity index (χ2v) is 7.07. The minimum atomic E-state index is 0.243. The van der Waals surface area contributed by atoms with Crippen LogP contribution >= 0.6 is 0 Å². The molecule has 0 saturated heterocycles. The quantitative estimate of drug-likeness (QED) is 0.560. The molecule has 0 spiro atoms. The third-order valence-electron chi connectivity index (χ3n) is 5.08. The topological polar surface area (TPSA) is 20.3 Å². The second-order valence-electron chi connectivity index (χ2n) is 7.07. The van der Waals surface area contributed by atoms with Crippen molar-refractivity contribution in [3.05, 3.63) is 35.4 Å². The third kappa shape index (κ3) is 5.67. The highest BCUT2D eigenvalue weighted by Gasteiger charge is 2.25. The summed E-state index contributed by atoms with van der Waals surface area (Å²) in [5, 5.41) is 0. The lowest BCUT2D eigenvalue weighted by molar-refractivity contribution is 0.0629. The minimum Gasteiger partial charge on any atom is -0.336 e. The first kappa shape index (κ1) is 18.0. The van der Waals surface area contributed by atoms with Crippen LogP contribution in [0.2, 0.25) is 0 Å². The predicted molar refractivity (Wildman–Crippen MR) is 97.8 cm³/mol. The van der Waals surface area contributed by atoms with Crippen molar-refractivity contribution in [1.82, 2.24) is 4.90 Å². The maximum Gasteiger partial charge on any atom is 0.254 e. The van der Waals surface area contributed by atoms with Gasteiger partial charge < -0.3 is 4.90 Å². The molecule has 0 aliphatic heterocycles. The number of hydrogen-bond acceptors (Lipinski definition) is 1. The van der Waals surface area contributed by atoms with Gasteiger partial charge in [0.25, 0.3) is 5.91 Å². The van der Waals surface area contributed by atoms with Gasteiger partial charge >= 0.3 is 0 Å². The predicted octanol–water partition coefficient (Wildman–Crippen LogP) is 5.74. The van der Waals surface area contributed by atoms with Crippen LogP contribution in [0.5, 0.6) is 0 Å². The highest BCUT2D eigenvalue weighted by Crippen LogP contribution is 2.25. The van der Waals surface area contributed by atoms with Crippen LogP contribution in [-0.4, -0.2) is 23.4 Å². The van der Waals surface area contributed by atoms with E-state index in [1.165, 1.54) is 63.4 Å². The molecule has 0 radical (unpaired) electrons. The van der Waals surface area contributed by atoms with Crippen molar-refractivity contribution in [3.8, 4) is 0 Å². The van der Waals surface area contributed by atoms with Crippen LogP contribution in [0.25, 0.3) is 0 Å². The lowest BCUT2D eigenvalue weighted by Gasteiger charge is -2.34. The molecular weight excluding hydrogens is 282 g/mol. The molecule has 2 heteroatoms. The zero-order valence-electron chi connectivity index (χ0n) is 15.0. The van der Waals surface area contributed by atoms with Crippen molar-refractivity contribution in [2.24, 2.45) is 0 Å². The van der Waals surface area contributed by atoms with Crippen molar-refractivity contribution in [3.63, 3.8) is 0 Å². The van der Waals surface area contributed by atoms with Crippen molar-refractivity contribution >= 4 is 5.91 Å². The van der Waals surface area contributed by atoms with E-state index in [0.29, 0.717) is 6.04 Å². The SMILES string of the molecule is CCCCCCCN(C(=O)c1ccc(C)cc1)C1CCCCC1. The Morgan fingerprint density at radius 3 is 2.30 bits per heavy atom.